The molecule has 0 aliphatic heterocycles. The molecule has 0 bridgehead atoms. The molecule has 9 N–H and O–H groups in total. The lowest BCUT2D eigenvalue weighted by Crippen LogP contribution is -2.37. The number of hydrogen-bond donors (Lipinski definition) is 6. The Labute approximate surface area is 304 Å². The van der Waals surface area contributed by atoms with Gasteiger partial charge in [0.15, 0.2) is 0 Å². The average molecular weight is 779 g/mol. The van der Waals surface area contributed by atoms with Crippen molar-refractivity contribution in [2.45, 2.75) is 43.3 Å². The van der Waals surface area contributed by atoms with Crippen LogP contribution >= 0.6 is 0 Å². The Morgan fingerprint density at radius 3 is 0.865 bits per heavy atom. The highest BCUT2D eigenvalue weighted by atomic mass is 32.2. The summed E-state index contributed by atoms with van der Waals surface area (Å²) in [7, 11) is -9.86. The predicted molar refractivity (Wildman–Crippen MR) is 203 cm³/mol. The van der Waals surface area contributed by atoms with Crippen LogP contribution in [0.1, 0.15) is 41.9 Å². The van der Waals surface area contributed by atoms with Gasteiger partial charge in [0, 0.05) is 41.7 Å². The van der Waals surface area contributed by atoms with Crippen molar-refractivity contribution in [1.82, 2.24) is 0 Å². The second-order valence-corrected chi connectivity index (χ2v) is 19.6. The topological polar surface area (TPSA) is 268 Å². The minimum atomic E-state index is -3.29. The number of nitrogens with two attached hydrogens (primary N) is 3. The van der Waals surface area contributed by atoms with E-state index in [-0.39, 0.29) is 42.4 Å². The molecule has 3 amide bonds. The SMILES string of the molecule is CS(=O)(=O)CC[C@H](N)C(=O)Nc1ccc(C(c2ccc(NC(=O)[C@@H](N)CCS(C)(=O)=O)cc2)c2ccc(NC(=O)[C@@H](N)CCS(C)(=O)=O)cc2)cc1. The summed E-state index contributed by atoms with van der Waals surface area (Å²) in [6.45, 7) is 0. The van der Waals surface area contributed by atoms with Gasteiger partial charge in [-0.05, 0) is 72.4 Å². The standard InChI is InChI=1S/C34H46N6O9S3/c1-50(44,45)19-16-28(35)32(41)38-25-10-4-22(5-11-25)31(23-6-12-26(13-7-23)39-33(42)29(36)17-20-51(2,46)47)24-8-14-27(15-9-24)40-34(43)30(37)18-21-52(3,48)49/h4-15,28-31H,16-21,35-37H2,1-3H3,(H,38,41)(H,39,42)(H,40,43)/t28-,29-,30-/m0/s1. The largest absolute Gasteiger partial charge is 0.325 e. The van der Waals surface area contributed by atoms with Crippen molar-refractivity contribution in [2.24, 2.45) is 17.2 Å². The minimum absolute atomic E-state index is 0.0309. The minimum Gasteiger partial charge on any atom is -0.325 e. The molecule has 0 spiro atoms. The average Bonchev–Trinajstić information content (AvgIpc) is 3.06. The smallest absolute Gasteiger partial charge is 0.241 e. The van der Waals surface area contributed by atoms with Crippen molar-refractivity contribution in [3.8, 4) is 0 Å². The van der Waals surface area contributed by atoms with Gasteiger partial charge in [-0.2, -0.15) is 0 Å². The van der Waals surface area contributed by atoms with E-state index in [2.05, 4.69) is 16.0 Å². The summed E-state index contributed by atoms with van der Waals surface area (Å²) in [5, 5.41) is 8.10. The van der Waals surface area contributed by atoms with E-state index in [4.69, 9.17) is 17.2 Å². The van der Waals surface area contributed by atoms with Crippen LogP contribution in [0, 0.1) is 0 Å². The van der Waals surface area contributed by atoms with Crippen LogP contribution in [-0.2, 0) is 43.9 Å². The summed E-state index contributed by atoms with van der Waals surface area (Å²) in [5.74, 6) is -2.65. The summed E-state index contributed by atoms with van der Waals surface area (Å²) in [4.78, 5) is 37.8. The molecule has 0 aliphatic carbocycles. The van der Waals surface area contributed by atoms with Gasteiger partial charge in [-0.3, -0.25) is 14.4 Å². The Kier molecular flexibility index (Phi) is 14.6. The molecule has 284 valence electrons. The third-order valence-corrected chi connectivity index (χ3v) is 10.9. The van der Waals surface area contributed by atoms with Crippen LogP contribution in [0.3, 0.4) is 0 Å². The lowest BCUT2D eigenvalue weighted by atomic mass is 9.85. The van der Waals surface area contributed by atoms with Crippen molar-refractivity contribution in [3.63, 3.8) is 0 Å². The number of nitrogens with one attached hydrogen (secondary N) is 3. The number of carbonyl (C=O) groups is 3. The van der Waals surface area contributed by atoms with E-state index < -0.39 is 65.4 Å². The maximum absolute atomic E-state index is 12.6. The quantitative estimate of drug-likeness (QED) is 0.0987. The Hall–Kier alpha value is -4.20. The zero-order valence-corrected chi connectivity index (χ0v) is 31.6. The molecule has 52 heavy (non-hydrogen) atoms. The molecule has 0 heterocycles. The van der Waals surface area contributed by atoms with Crippen LogP contribution in [0.4, 0.5) is 17.1 Å². The van der Waals surface area contributed by atoms with E-state index in [0.29, 0.717) is 17.1 Å². The molecule has 3 atom stereocenters. The van der Waals surface area contributed by atoms with Gasteiger partial charge in [0.25, 0.3) is 0 Å². The number of benzene rings is 3. The fourth-order valence-electron chi connectivity index (χ4n) is 4.98. The molecule has 3 aromatic carbocycles. The van der Waals surface area contributed by atoms with Gasteiger partial charge >= 0.3 is 0 Å². The molecule has 18 heteroatoms. The van der Waals surface area contributed by atoms with Gasteiger partial charge < -0.3 is 33.2 Å². The predicted octanol–water partition coefficient (Wildman–Crippen LogP) is 0.968. The Balaban J connectivity index is 1.85. The number of hydrogen-bond acceptors (Lipinski definition) is 12. The Morgan fingerprint density at radius 2 is 0.673 bits per heavy atom. The fraction of sp³-hybridized carbons (Fsp3) is 0.382. The molecule has 0 aliphatic rings. The van der Waals surface area contributed by atoms with Gasteiger partial charge in [0.05, 0.1) is 35.4 Å². The fourth-order valence-corrected chi connectivity index (χ4v) is 7.02. The normalized spacial score (nSPS) is 13.9. The molecule has 0 aromatic heterocycles. The molecule has 0 fully saturated rings. The Bertz CT molecular complexity index is 1800. The van der Waals surface area contributed by atoms with E-state index in [1.54, 1.807) is 72.8 Å². The monoisotopic (exact) mass is 778 g/mol. The van der Waals surface area contributed by atoms with E-state index in [9.17, 15) is 39.6 Å². The second kappa shape index (κ2) is 18.0. The number of sulfone groups is 3. The molecule has 0 saturated carbocycles. The second-order valence-electron chi connectivity index (χ2n) is 12.8. The maximum atomic E-state index is 12.6. The zero-order valence-electron chi connectivity index (χ0n) is 29.1. The first-order valence-electron chi connectivity index (χ1n) is 16.1. The Morgan fingerprint density at radius 1 is 0.462 bits per heavy atom. The molecule has 3 aromatic rings. The molecule has 0 unspecified atom stereocenters. The van der Waals surface area contributed by atoms with Gasteiger partial charge in [0.1, 0.15) is 29.5 Å². The van der Waals surface area contributed by atoms with Crippen molar-refractivity contribution in [2.75, 3.05) is 52.0 Å². The van der Waals surface area contributed by atoms with Crippen LogP contribution in [-0.4, -0.2) is 97.1 Å². The molecule has 0 saturated heterocycles. The van der Waals surface area contributed by atoms with Gasteiger partial charge in [0.2, 0.25) is 17.7 Å². The van der Waals surface area contributed by atoms with Gasteiger partial charge in [-0.15, -0.1) is 0 Å². The number of rotatable bonds is 18. The lowest BCUT2D eigenvalue weighted by Gasteiger charge is -2.21. The number of anilines is 3. The maximum Gasteiger partial charge on any atom is 0.241 e. The lowest BCUT2D eigenvalue weighted by molar-refractivity contribution is -0.118. The summed E-state index contributed by atoms with van der Waals surface area (Å²) in [6, 6.07) is 17.8. The van der Waals surface area contributed by atoms with Gasteiger partial charge in [-0.25, -0.2) is 25.3 Å². The van der Waals surface area contributed by atoms with E-state index >= 15 is 0 Å². The third kappa shape index (κ3) is 14.4. The zero-order chi connectivity index (χ0) is 38.9. The molecular weight excluding hydrogens is 733 g/mol. The van der Waals surface area contributed by atoms with E-state index in [1.165, 1.54) is 0 Å². The van der Waals surface area contributed by atoms with Crippen LogP contribution in [0.5, 0.6) is 0 Å². The number of carbonyl (C=O) groups excluding carboxylic acids is 3. The highest BCUT2D eigenvalue weighted by Crippen LogP contribution is 2.34. The first-order chi connectivity index (χ1) is 24.1. The van der Waals surface area contributed by atoms with E-state index in [0.717, 1.165) is 35.5 Å². The van der Waals surface area contributed by atoms with Crippen LogP contribution in [0.15, 0.2) is 72.8 Å². The summed E-state index contributed by atoms with van der Waals surface area (Å²) >= 11 is 0. The first kappa shape index (κ1) is 42.2. The van der Waals surface area contributed by atoms with Crippen molar-refractivity contribution in [3.05, 3.63) is 89.5 Å². The highest BCUT2D eigenvalue weighted by Gasteiger charge is 2.21. The van der Waals surface area contributed by atoms with Crippen molar-refractivity contribution < 1.29 is 39.6 Å². The highest BCUT2D eigenvalue weighted by molar-refractivity contribution is 7.91. The summed E-state index contributed by atoms with van der Waals surface area (Å²) < 4.78 is 68.8. The van der Waals surface area contributed by atoms with Crippen LogP contribution in [0.2, 0.25) is 0 Å². The third-order valence-electron chi connectivity index (χ3n) is 7.94. The van der Waals surface area contributed by atoms with Gasteiger partial charge in [-0.1, -0.05) is 36.4 Å². The van der Waals surface area contributed by atoms with Crippen LogP contribution < -0.4 is 33.2 Å². The molecule has 15 nitrogen and oxygen atoms in total. The number of amides is 3. The van der Waals surface area contributed by atoms with Crippen LogP contribution in [0.25, 0.3) is 0 Å². The molecule has 3 rings (SSSR count). The van der Waals surface area contributed by atoms with E-state index in [1.807, 2.05) is 0 Å². The summed E-state index contributed by atoms with van der Waals surface area (Å²) in [5.41, 5.74) is 21.4. The van der Waals surface area contributed by atoms with Crippen molar-refractivity contribution >= 4 is 64.3 Å². The summed E-state index contributed by atoms with van der Waals surface area (Å²) in [6.07, 6.45) is 3.12. The first-order valence-corrected chi connectivity index (χ1v) is 22.3. The molecule has 0 radical (unpaired) electrons. The van der Waals surface area contributed by atoms with Crippen molar-refractivity contribution in [1.29, 1.82) is 0 Å². The molecular formula is C34H46N6O9S3.